The van der Waals surface area contributed by atoms with E-state index < -0.39 is 38.6 Å². The molecule has 1 unspecified atom stereocenters. The lowest BCUT2D eigenvalue weighted by molar-refractivity contribution is -0.137. The highest BCUT2D eigenvalue weighted by Crippen LogP contribution is 2.39. The minimum Gasteiger partial charge on any atom is -0.484 e. The maximum atomic E-state index is 14.0. The summed E-state index contributed by atoms with van der Waals surface area (Å²) in [7, 11) is -4.30. The average molecular weight is 505 g/mol. The number of sulfonamides is 1. The molecule has 10 heteroatoms. The molecular formula is C25H20F4N2O3S. The van der Waals surface area contributed by atoms with Crippen molar-refractivity contribution in [2.45, 2.75) is 36.9 Å². The Kier molecular flexibility index (Phi) is 6.47. The summed E-state index contributed by atoms with van der Waals surface area (Å²) >= 11 is 0. The van der Waals surface area contributed by atoms with Gasteiger partial charge < -0.3 is 4.74 Å². The van der Waals surface area contributed by atoms with Gasteiger partial charge in [0, 0.05) is 6.54 Å². The fraction of sp³-hybridized carbons (Fsp3) is 0.240. The Labute approximate surface area is 200 Å². The Morgan fingerprint density at radius 2 is 1.86 bits per heavy atom. The number of benzene rings is 3. The molecule has 0 saturated carbocycles. The first-order valence-corrected chi connectivity index (χ1v) is 12.2. The number of nitriles is 1. The van der Waals surface area contributed by atoms with Crippen LogP contribution in [0.4, 0.5) is 23.2 Å². The Bertz CT molecular complexity index is 1410. The summed E-state index contributed by atoms with van der Waals surface area (Å²) in [6, 6.07) is 14.4. The van der Waals surface area contributed by atoms with Crippen molar-refractivity contribution in [3.05, 3.63) is 88.7 Å². The second-order valence-corrected chi connectivity index (χ2v) is 9.81. The van der Waals surface area contributed by atoms with Gasteiger partial charge in [-0.15, -0.1) is 0 Å². The van der Waals surface area contributed by atoms with E-state index >= 15 is 0 Å². The first-order valence-electron chi connectivity index (χ1n) is 10.7. The predicted molar refractivity (Wildman–Crippen MR) is 121 cm³/mol. The molecule has 0 radical (unpaired) electrons. The predicted octanol–water partition coefficient (Wildman–Crippen LogP) is 6.00. The van der Waals surface area contributed by atoms with Crippen molar-refractivity contribution in [3.63, 3.8) is 0 Å². The quantitative estimate of drug-likeness (QED) is 0.386. The lowest BCUT2D eigenvalue weighted by atomic mass is 10.1. The number of fused-ring (bicyclic) bond motifs is 1. The van der Waals surface area contributed by atoms with Crippen LogP contribution in [0.1, 0.15) is 41.7 Å². The van der Waals surface area contributed by atoms with Crippen molar-refractivity contribution in [2.75, 3.05) is 10.8 Å². The first-order chi connectivity index (χ1) is 16.6. The van der Waals surface area contributed by atoms with Crippen molar-refractivity contribution in [1.82, 2.24) is 0 Å². The summed E-state index contributed by atoms with van der Waals surface area (Å²) in [4.78, 5) is -0.471. The number of halogens is 4. The number of aryl methyl sites for hydroxylation is 1. The summed E-state index contributed by atoms with van der Waals surface area (Å²) in [5, 5.41) is 9.27. The number of hydrogen-bond acceptors (Lipinski definition) is 4. The highest BCUT2D eigenvalue weighted by Gasteiger charge is 2.33. The molecule has 3 aromatic rings. The van der Waals surface area contributed by atoms with E-state index in [0.717, 1.165) is 34.1 Å². The van der Waals surface area contributed by atoms with E-state index in [0.29, 0.717) is 24.5 Å². The molecule has 1 aliphatic carbocycles. The van der Waals surface area contributed by atoms with Crippen LogP contribution in [0.3, 0.4) is 0 Å². The van der Waals surface area contributed by atoms with Gasteiger partial charge in [0.05, 0.1) is 16.1 Å². The molecule has 0 saturated heterocycles. The molecule has 1 aliphatic rings. The molecule has 1 atom stereocenters. The minimum atomic E-state index is -4.68. The summed E-state index contributed by atoms with van der Waals surface area (Å²) in [5.74, 6) is -0.624. The molecule has 5 nitrogen and oxygen atoms in total. The summed E-state index contributed by atoms with van der Waals surface area (Å²) in [5.41, 5.74) is 0.563. The van der Waals surface area contributed by atoms with Crippen LogP contribution in [0.15, 0.2) is 65.6 Å². The Morgan fingerprint density at radius 3 is 2.54 bits per heavy atom. The standard InChI is InChI=1S/C25H20F4N2O3S/c1-2-31(35(32,33)19-6-3-5-17(13-19)25(27,28)29)18-11-9-16-10-12-24(20(16)14-18)34-23-8-4-7-22(26)21(23)15-30/h3-9,11,13-14,24H,2,10,12H2,1H3. The molecule has 0 spiro atoms. The van der Waals surface area contributed by atoms with Crippen LogP contribution in [0.2, 0.25) is 0 Å². The zero-order valence-corrected chi connectivity index (χ0v) is 19.3. The summed E-state index contributed by atoms with van der Waals surface area (Å²) in [6.45, 7) is 1.56. The van der Waals surface area contributed by atoms with Gasteiger partial charge in [-0.3, -0.25) is 4.31 Å². The highest BCUT2D eigenvalue weighted by molar-refractivity contribution is 7.92. The normalized spacial score (nSPS) is 15.4. The topological polar surface area (TPSA) is 70.4 Å². The second-order valence-electron chi connectivity index (χ2n) is 7.95. The lowest BCUT2D eigenvalue weighted by Gasteiger charge is -2.25. The molecule has 0 aliphatic heterocycles. The van der Waals surface area contributed by atoms with Gasteiger partial charge >= 0.3 is 6.18 Å². The second kappa shape index (κ2) is 9.23. The molecule has 182 valence electrons. The van der Waals surface area contributed by atoms with Crippen molar-refractivity contribution >= 4 is 15.7 Å². The van der Waals surface area contributed by atoms with Crippen LogP contribution in [0.5, 0.6) is 5.75 Å². The largest absolute Gasteiger partial charge is 0.484 e. The summed E-state index contributed by atoms with van der Waals surface area (Å²) < 4.78 is 87.0. The van der Waals surface area contributed by atoms with Gasteiger partial charge in [-0.1, -0.05) is 18.2 Å². The monoisotopic (exact) mass is 504 g/mol. The Morgan fingerprint density at radius 1 is 1.11 bits per heavy atom. The minimum absolute atomic E-state index is 0.0225. The van der Waals surface area contributed by atoms with Crippen LogP contribution in [0, 0.1) is 17.1 Å². The van der Waals surface area contributed by atoms with Crippen molar-refractivity contribution < 1.29 is 30.7 Å². The fourth-order valence-corrected chi connectivity index (χ4v) is 5.66. The van der Waals surface area contributed by atoms with Crippen LogP contribution in [-0.4, -0.2) is 15.0 Å². The number of nitrogens with zero attached hydrogens (tertiary/aromatic N) is 2. The van der Waals surface area contributed by atoms with Crippen molar-refractivity contribution in [2.24, 2.45) is 0 Å². The van der Waals surface area contributed by atoms with Crippen LogP contribution >= 0.6 is 0 Å². The molecule has 3 aromatic carbocycles. The van der Waals surface area contributed by atoms with Gasteiger partial charge in [0.15, 0.2) is 0 Å². The van der Waals surface area contributed by atoms with Crippen LogP contribution < -0.4 is 9.04 Å². The van der Waals surface area contributed by atoms with Gasteiger partial charge in [-0.05, 0) is 73.4 Å². The third-order valence-electron chi connectivity index (χ3n) is 5.83. The third-order valence-corrected chi connectivity index (χ3v) is 7.73. The molecule has 0 fully saturated rings. The van der Waals surface area contributed by atoms with E-state index in [2.05, 4.69) is 0 Å². The van der Waals surface area contributed by atoms with Crippen molar-refractivity contribution in [1.29, 1.82) is 5.26 Å². The van der Waals surface area contributed by atoms with Gasteiger partial charge in [-0.25, -0.2) is 12.8 Å². The number of rotatable bonds is 6. The van der Waals surface area contributed by atoms with E-state index in [1.807, 2.05) is 0 Å². The van der Waals surface area contributed by atoms with Gasteiger partial charge in [0.1, 0.15) is 29.3 Å². The molecule has 0 N–H and O–H groups in total. The zero-order chi connectivity index (χ0) is 25.4. The third kappa shape index (κ3) is 4.68. The SMILES string of the molecule is CCN(c1ccc2c(c1)C(Oc1cccc(F)c1C#N)CC2)S(=O)(=O)c1cccc(C(F)(F)F)c1. The van der Waals surface area contributed by atoms with Gasteiger partial charge in [-0.2, -0.15) is 18.4 Å². The van der Waals surface area contributed by atoms with Crippen LogP contribution in [-0.2, 0) is 22.6 Å². The molecule has 0 bridgehead atoms. The highest BCUT2D eigenvalue weighted by atomic mass is 32.2. The number of alkyl halides is 3. The number of hydrogen-bond donors (Lipinski definition) is 0. The molecular weight excluding hydrogens is 484 g/mol. The van der Waals surface area contributed by atoms with Crippen molar-refractivity contribution in [3.8, 4) is 11.8 Å². The van der Waals surface area contributed by atoms with E-state index in [1.54, 1.807) is 31.2 Å². The molecule has 35 heavy (non-hydrogen) atoms. The first kappa shape index (κ1) is 24.5. The maximum Gasteiger partial charge on any atom is 0.416 e. The molecule has 4 rings (SSSR count). The lowest BCUT2D eigenvalue weighted by Crippen LogP contribution is -2.31. The molecule has 0 heterocycles. The van der Waals surface area contributed by atoms with E-state index in [-0.39, 0.29) is 23.5 Å². The Balaban J connectivity index is 1.69. The number of ether oxygens (including phenoxy) is 1. The van der Waals surface area contributed by atoms with Crippen LogP contribution in [0.25, 0.3) is 0 Å². The average Bonchev–Trinajstić information content (AvgIpc) is 3.21. The Hall–Kier alpha value is -3.58. The van der Waals surface area contributed by atoms with Gasteiger partial charge in [0.2, 0.25) is 0 Å². The van der Waals surface area contributed by atoms with E-state index in [4.69, 9.17) is 4.74 Å². The molecule has 0 aromatic heterocycles. The zero-order valence-electron chi connectivity index (χ0n) is 18.5. The smallest absolute Gasteiger partial charge is 0.416 e. The fourth-order valence-electron chi connectivity index (χ4n) is 4.15. The van der Waals surface area contributed by atoms with E-state index in [1.165, 1.54) is 12.1 Å². The van der Waals surface area contributed by atoms with Gasteiger partial charge in [0.25, 0.3) is 10.0 Å². The summed E-state index contributed by atoms with van der Waals surface area (Å²) in [6.07, 6.45) is -4.06. The maximum absolute atomic E-state index is 14.0. The number of anilines is 1. The molecule has 0 amide bonds. The van der Waals surface area contributed by atoms with E-state index in [9.17, 15) is 31.2 Å².